The fraction of sp³-hybridized carbons (Fsp3) is 0.111. The Kier molecular flexibility index (Phi) is 4.82. The van der Waals surface area contributed by atoms with Gasteiger partial charge in [0.25, 0.3) is 5.91 Å². The van der Waals surface area contributed by atoms with Crippen molar-refractivity contribution >= 4 is 17.5 Å². The van der Waals surface area contributed by atoms with E-state index in [-0.39, 0.29) is 0 Å². The van der Waals surface area contributed by atoms with Gasteiger partial charge in [-0.2, -0.15) is 5.10 Å². The van der Waals surface area contributed by atoms with Crippen LogP contribution < -0.4 is 10.5 Å². The van der Waals surface area contributed by atoms with E-state index >= 15 is 0 Å². The van der Waals surface area contributed by atoms with Crippen molar-refractivity contribution < 1.29 is 9.53 Å². The van der Waals surface area contributed by atoms with Gasteiger partial charge in [0.2, 0.25) is 0 Å². The summed E-state index contributed by atoms with van der Waals surface area (Å²) in [5.41, 5.74) is 7.28. The van der Waals surface area contributed by atoms with Gasteiger partial charge in [0.05, 0.1) is 12.1 Å². The molecular formula is C18H16ClN3O2. The first kappa shape index (κ1) is 16.1. The summed E-state index contributed by atoms with van der Waals surface area (Å²) in [6.45, 7) is 0.883. The number of halogens is 1. The molecule has 0 aliphatic heterocycles. The van der Waals surface area contributed by atoms with Crippen molar-refractivity contribution in [3.63, 3.8) is 0 Å². The third-order valence-electron chi connectivity index (χ3n) is 3.46. The minimum absolute atomic E-state index is 0.393. The molecule has 0 spiro atoms. The maximum Gasteiger partial charge on any atom is 0.252 e. The van der Waals surface area contributed by atoms with E-state index in [2.05, 4.69) is 5.10 Å². The summed E-state index contributed by atoms with van der Waals surface area (Å²) in [7, 11) is 0. The van der Waals surface area contributed by atoms with Crippen LogP contribution in [0.15, 0.2) is 60.8 Å². The molecular weight excluding hydrogens is 326 g/mol. The monoisotopic (exact) mass is 341 g/mol. The zero-order valence-corrected chi connectivity index (χ0v) is 13.6. The van der Waals surface area contributed by atoms with Crippen LogP contribution in [0.4, 0.5) is 0 Å². The number of primary amides is 1. The zero-order valence-electron chi connectivity index (χ0n) is 12.9. The van der Waals surface area contributed by atoms with E-state index in [1.807, 2.05) is 42.5 Å². The Morgan fingerprint density at radius 3 is 2.67 bits per heavy atom. The summed E-state index contributed by atoms with van der Waals surface area (Å²) in [6, 6.07) is 16.7. The zero-order chi connectivity index (χ0) is 16.9. The molecule has 1 heterocycles. The van der Waals surface area contributed by atoms with E-state index in [0.717, 1.165) is 5.56 Å². The van der Waals surface area contributed by atoms with Crippen molar-refractivity contribution in [3.05, 3.63) is 71.4 Å². The molecule has 2 N–H and O–H groups in total. The lowest BCUT2D eigenvalue weighted by Gasteiger charge is -2.06. The van der Waals surface area contributed by atoms with Crippen molar-refractivity contribution in [2.24, 2.45) is 5.73 Å². The van der Waals surface area contributed by atoms with Gasteiger partial charge in [-0.05, 0) is 18.2 Å². The molecule has 24 heavy (non-hydrogen) atoms. The standard InChI is InChI=1S/C18H16ClN3O2/c19-14-7-4-8-15(11-14)24-10-9-22-12-16(18(20)23)17(21-22)13-5-2-1-3-6-13/h1-8,11-12H,9-10H2,(H2,20,23). The van der Waals surface area contributed by atoms with Gasteiger partial charge in [-0.1, -0.05) is 48.0 Å². The quantitative estimate of drug-likeness (QED) is 0.747. The molecule has 0 aliphatic rings. The smallest absolute Gasteiger partial charge is 0.252 e. The molecule has 2 aromatic carbocycles. The highest BCUT2D eigenvalue weighted by Crippen LogP contribution is 2.21. The van der Waals surface area contributed by atoms with Gasteiger partial charge in [-0.15, -0.1) is 0 Å². The predicted molar refractivity (Wildman–Crippen MR) is 93.1 cm³/mol. The molecule has 3 rings (SSSR count). The number of ether oxygens (including phenoxy) is 1. The van der Waals surface area contributed by atoms with Gasteiger partial charge in [-0.3, -0.25) is 9.48 Å². The molecule has 6 heteroatoms. The summed E-state index contributed by atoms with van der Waals surface area (Å²) >= 11 is 5.92. The molecule has 5 nitrogen and oxygen atoms in total. The lowest BCUT2D eigenvalue weighted by Crippen LogP contribution is -2.11. The maximum absolute atomic E-state index is 11.7. The number of carbonyl (C=O) groups excluding carboxylic acids is 1. The van der Waals surface area contributed by atoms with Gasteiger partial charge in [0.1, 0.15) is 18.1 Å². The first-order chi connectivity index (χ1) is 11.6. The minimum Gasteiger partial charge on any atom is -0.492 e. The third kappa shape index (κ3) is 3.75. The van der Waals surface area contributed by atoms with Crippen LogP contribution in [0.2, 0.25) is 5.02 Å². The number of hydrogen-bond acceptors (Lipinski definition) is 3. The second-order valence-corrected chi connectivity index (χ2v) is 5.63. The number of nitrogens with zero attached hydrogens (tertiary/aromatic N) is 2. The summed E-state index contributed by atoms with van der Waals surface area (Å²) < 4.78 is 7.30. The number of aromatic nitrogens is 2. The summed E-state index contributed by atoms with van der Waals surface area (Å²) in [5, 5.41) is 5.08. The lowest BCUT2D eigenvalue weighted by atomic mass is 10.1. The van der Waals surface area contributed by atoms with E-state index in [9.17, 15) is 4.79 Å². The van der Waals surface area contributed by atoms with Crippen LogP contribution in [-0.4, -0.2) is 22.3 Å². The van der Waals surface area contributed by atoms with Crippen LogP contribution in [0, 0.1) is 0 Å². The Bertz CT molecular complexity index is 846. The van der Waals surface area contributed by atoms with Crippen molar-refractivity contribution in [2.75, 3.05) is 6.61 Å². The minimum atomic E-state index is -0.504. The highest BCUT2D eigenvalue weighted by molar-refractivity contribution is 6.30. The highest BCUT2D eigenvalue weighted by Gasteiger charge is 2.15. The van der Waals surface area contributed by atoms with Gasteiger partial charge in [-0.25, -0.2) is 0 Å². The number of rotatable bonds is 6. The van der Waals surface area contributed by atoms with Gasteiger partial charge in [0.15, 0.2) is 0 Å². The molecule has 0 bridgehead atoms. The van der Waals surface area contributed by atoms with E-state index < -0.39 is 5.91 Å². The lowest BCUT2D eigenvalue weighted by molar-refractivity contribution is 0.100. The summed E-state index contributed by atoms with van der Waals surface area (Å²) in [5.74, 6) is 0.184. The predicted octanol–water partition coefficient (Wildman–Crippen LogP) is 3.38. The van der Waals surface area contributed by atoms with Crippen molar-refractivity contribution in [3.8, 4) is 17.0 Å². The summed E-state index contributed by atoms with van der Waals surface area (Å²) in [4.78, 5) is 11.7. The Morgan fingerprint density at radius 2 is 1.96 bits per heavy atom. The SMILES string of the molecule is NC(=O)c1cn(CCOc2cccc(Cl)c2)nc1-c1ccccc1. The molecule has 0 fully saturated rings. The van der Waals surface area contributed by atoms with Crippen LogP contribution in [0.1, 0.15) is 10.4 Å². The third-order valence-corrected chi connectivity index (χ3v) is 3.69. The number of hydrogen-bond donors (Lipinski definition) is 1. The van der Waals surface area contributed by atoms with Gasteiger partial charge >= 0.3 is 0 Å². The maximum atomic E-state index is 11.7. The fourth-order valence-electron chi connectivity index (χ4n) is 2.34. The molecule has 1 aromatic heterocycles. The molecule has 0 saturated carbocycles. The van der Waals surface area contributed by atoms with E-state index in [4.69, 9.17) is 22.1 Å². The topological polar surface area (TPSA) is 70.1 Å². The van der Waals surface area contributed by atoms with Crippen LogP contribution in [-0.2, 0) is 6.54 Å². The van der Waals surface area contributed by atoms with Crippen molar-refractivity contribution in [1.82, 2.24) is 9.78 Å². The molecule has 0 unspecified atom stereocenters. The molecule has 1 amide bonds. The number of amides is 1. The Balaban J connectivity index is 1.73. The molecule has 0 saturated heterocycles. The Labute approximate surface area is 144 Å². The summed E-state index contributed by atoms with van der Waals surface area (Å²) in [6.07, 6.45) is 1.64. The Morgan fingerprint density at radius 1 is 1.17 bits per heavy atom. The van der Waals surface area contributed by atoms with Crippen LogP contribution in [0.5, 0.6) is 5.75 Å². The van der Waals surface area contributed by atoms with E-state index in [1.54, 1.807) is 23.0 Å². The molecule has 122 valence electrons. The normalized spacial score (nSPS) is 10.5. The van der Waals surface area contributed by atoms with Crippen LogP contribution in [0.3, 0.4) is 0 Å². The van der Waals surface area contributed by atoms with Crippen LogP contribution >= 0.6 is 11.6 Å². The number of benzene rings is 2. The molecule has 0 aliphatic carbocycles. The van der Waals surface area contributed by atoms with E-state index in [0.29, 0.717) is 35.2 Å². The van der Waals surface area contributed by atoms with E-state index in [1.165, 1.54) is 0 Å². The molecule has 3 aromatic rings. The molecule has 0 atom stereocenters. The van der Waals surface area contributed by atoms with Crippen LogP contribution in [0.25, 0.3) is 11.3 Å². The van der Waals surface area contributed by atoms with Crippen molar-refractivity contribution in [2.45, 2.75) is 6.54 Å². The second-order valence-electron chi connectivity index (χ2n) is 5.19. The molecule has 0 radical (unpaired) electrons. The number of nitrogens with two attached hydrogens (primary N) is 1. The highest BCUT2D eigenvalue weighted by atomic mass is 35.5. The van der Waals surface area contributed by atoms with Gasteiger partial charge in [0, 0.05) is 16.8 Å². The average Bonchev–Trinajstić information content (AvgIpc) is 3.00. The second kappa shape index (κ2) is 7.19. The Hall–Kier alpha value is -2.79. The average molecular weight is 342 g/mol. The first-order valence-electron chi connectivity index (χ1n) is 7.44. The van der Waals surface area contributed by atoms with Crippen molar-refractivity contribution in [1.29, 1.82) is 0 Å². The first-order valence-corrected chi connectivity index (χ1v) is 7.82. The fourth-order valence-corrected chi connectivity index (χ4v) is 2.52. The van der Waals surface area contributed by atoms with Gasteiger partial charge < -0.3 is 10.5 Å². The number of carbonyl (C=O) groups is 1. The largest absolute Gasteiger partial charge is 0.492 e.